The molecule has 1 N–H and O–H groups in total. The van der Waals surface area contributed by atoms with Crippen molar-refractivity contribution >= 4 is 34.4 Å². The Labute approximate surface area is 192 Å². The minimum Gasteiger partial charge on any atom is -0.348 e. The van der Waals surface area contributed by atoms with Crippen LogP contribution in [-0.4, -0.2) is 55.6 Å². The zero-order valence-electron chi connectivity index (χ0n) is 18.7. The van der Waals surface area contributed by atoms with Crippen LogP contribution in [0.2, 0.25) is 5.02 Å². The van der Waals surface area contributed by atoms with E-state index in [0.717, 1.165) is 5.69 Å². The molecule has 3 heterocycles. The Balaban J connectivity index is 1.44. The van der Waals surface area contributed by atoms with E-state index in [2.05, 4.69) is 20.4 Å². The maximum Gasteiger partial charge on any atom is 0.269 e. The molecule has 2 atom stereocenters. The number of hydrogen-bond acceptors (Lipinski definition) is 5. The van der Waals surface area contributed by atoms with Gasteiger partial charge >= 0.3 is 0 Å². The molecule has 168 valence electrons. The van der Waals surface area contributed by atoms with Crippen LogP contribution in [0.3, 0.4) is 0 Å². The number of carbonyl (C=O) groups excluding carboxylic acids is 2. The molecule has 0 spiro atoms. The molecule has 1 saturated heterocycles. The summed E-state index contributed by atoms with van der Waals surface area (Å²) >= 11 is 6.32. The molecule has 1 aliphatic heterocycles. The van der Waals surface area contributed by atoms with E-state index in [0.29, 0.717) is 46.8 Å². The molecule has 0 bridgehead atoms. The lowest BCUT2D eigenvalue weighted by Crippen LogP contribution is -2.51. The van der Waals surface area contributed by atoms with Crippen LogP contribution in [0.25, 0.3) is 11.0 Å². The molecule has 0 unspecified atom stereocenters. The second-order valence-corrected chi connectivity index (χ2v) is 9.10. The highest BCUT2D eigenvalue weighted by atomic mass is 35.5. The lowest BCUT2D eigenvalue weighted by atomic mass is 9.93. The van der Waals surface area contributed by atoms with Gasteiger partial charge in [0.05, 0.1) is 16.2 Å². The summed E-state index contributed by atoms with van der Waals surface area (Å²) < 4.78 is 1.75. The number of hydrogen-bond donors (Lipinski definition) is 1. The molecule has 0 aliphatic carbocycles. The number of aryl methyl sites for hydroxylation is 1. The highest BCUT2D eigenvalue weighted by Crippen LogP contribution is 2.25. The Morgan fingerprint density at radius 1 is 1.19 bits per heavy atom. The molecule has 1 fully saturated rings. The molecule has 1 aliphatic rings. The fourth-order valence-electron chi connectivity index (χ4n) is 4.21. The number of carbonyl (C=O) groups is 2. The monoisotopic (exact) mass is 454 g/mol. The third-order valence-electron chi connectivity index (χ3n) is 5.86. The highest BCUT2D eigenvalue weighted by Gasteiger charge is 2.31. The Morgan fingerprint density at radius 3 is 2.66 bits per heavy atom. The van der Waals surface area contributed by atoms with Crippen LogP contribution >= 0.6 is 11.6 Å². The standard InChI is InChI=1S/C23H27ClN6O2/c1-13(2)30-20(9-15(4)28-30)22(31)27-18-5-8-29(12-14(18)3)23(32)16-10-17(24)21-19(11-16)25-6-7-26-21/h6-7,9-11,13-14,18H,5,8,12H2,1-4H3,(H,27,31)/t14-,18+/m0/s1. The largest absolute Gasteiger partial charge is 0.348 e. The van der Waals surface area contributed by atoms with Gasteiger partial charge in [0.25, 0.3) is 11.8 Å². The smallest absolute Gasteiger partial charge is 0.269 e. The average Bonchev–Trinajstić information content (AvgIpc) is 3.17. The number of piperidine rings is 1. The number of nitrogens with zero attached hydrogens (tertiary/aromatic N) is 5. The van der Waals surface area contributed by atoms with Crippen molar-refractivity contribution in [2.75, 3.05) is 13.1 Å². The van der Waals surface area contributed by atoms with E-state index in [4.69, 9.17) is 11.6 Å². The zero-order valence-corrected chi connectivity index (χ0v) is 19.4. The Morgan fingerprint density at radius 2 is 1.94 bits per heavy atom. The topological polar surface area (TPSA) is 93.0 Å². The van der Waals surface area contributed by atoms with Crippen molar-refractivity contribution in [2.24, 2.45) is 5.92 Å². The predicted molar refractivity (Wildman–Crippen MR) is 123 cm³/mol. The summed E-state index contributed by atoms with van der Waals surface area (Å²) in [7, 11) is 0. The van der Waals surface area contributed by atoms with Gasteiger partial charge in [-0.1, -0.05) is 18.5 Å². The van der Waals surface area contributed by atoms with Crippen LogP contribution in [0.15, 0.2) is 30.6 Å². The summed E-state index contributed by atoms with van der Waals surface area (Å²) in [5, 5.41) is 7.98. The fourth-order valence-corrected chi connectivity index (χ4v) is 4.47. The summed E-state index contributed by atoms with van der Waals surface area (Å²) in [6, 6.07) is 5.26. The van der Waals surface area contributed by atoms with Gasteiger partial charge in [-0.05, 0) is 51.3 Å². The van der Waals surface area contributed by atoms with Crippen molar-refractivity contribution in [1.29, 1.82) is 0 Å². The van der Waals surface area contributed by atoms with Crippen LogP contribution in [0.4, 0.5) is 0 Å². The van der Waals surface area contributed by atoms with Crippen molar-refractivity contribution in [1.82, 2.24) is 30.0 Å². The molecule has 4 rings (SSSR count). The number of benzene rings is 1. The third-order valence-corrected chi connectivity index (χ3v) is 6.15. The summed E-state index contributed by atoms with van der Waals surface area (Å²) in [5.74, 6) is -0.121. The Hall–Kier alpha value is -3.00. The van der Waals surface area contributed by atoms with Crippen molar-refractivity contribution in [2.45, 2.75) is 46.2 Å². The molecule has 2 aromatic heterocycles. The second kappa shape index (κ2) is 8.86. The SMILES string of the molecule is Cc1cc(C(=O)N[C@@H]2CCN(C(=O)c3cc(Cl)c4nccnc4c3)C[C@@H]2C)n(C(C)C)n1. The summed E-state index contributed by atoms with van der Waals surface area (Å²) in [6.07, 6.45) is 3.83. The van der Waals surface area contributed by atoms with Gasteiger partial charge in [-0.2, -0.15) is 5.10 Å². The summed E-state index contributed by atoms with van der Waals surface area (Å²) in [6.45, 7) is 9.03. The fraction of sp³-hybridized carbons (Fsp3) is 0.435. The number of aromatic nitrogens is 4. The normalized spacial score (nSPS) is 18.9. The van der Waals surface area contributed by atoms with Crippen LogP contribution < -0.4 is 5.32 Å². The maximum absolute atomic E-state index is 13.1. The molecule has 3 aromatic rings. The van der Waals surface area contributed by atoms with Gasteiger partial charge in [-0.3, -0.25) is 24.2 Å². The van der Waals surface area contributed by atoms with E-state index in [-0.39, 0.29) is 29.8 Å². The quantitative estimate of drug-likeness (QED) is 0.649. The Bertz CT molecular complexity index is 1170. The van der Waals surface area contributed by atoms with Crippen LogP contribution in [0.5, 0.6) is 0 Å². The molecule has 0 radical (unpaired) electrons. The van der Waals surface area contributed by atoms with Crippen molar-refractivity contribution < 1.29 is 9.59 Å². The van der Waals surface area contributed by atoms with Gasteiger partial charge in [-0.15, -0.1) is 0 Å². The molecular weight excluding hydrogens is 428 g/mol. The minimum absolute atomic E-state index is 0.0200. The van der Waals surface area contributed by atoms with Gasteiger partial charge in [0.2, 0.25) is 0 Å². The average molecular weight is 455 g/mol. The van der Waals surface area contributed by atoms with Gasteiger partial charge < -0.3 is 10.2 Å². The highest BCUT2D eigenvalue weighted by molar-refractivity contribution is 6.35. The van der Waals surface area contributed by atoms with E-state index >= 15 is 0 Å². The van der Waals surface area contributed by atoms with Crippen molar-refractivity contribution in [3.05, 3.63) is 52.6 Å². The molecular formula is C23H27ClN6O2. The van der Waals surface area contributed by atoms with E-state index in [1.165, 1.54) is 0 Å². The van der Waals surface area contributed by atoms with Gasteiger partial charge in [-0.25, -0.2) is 0 Å². The third kappa shape index (κ3) is 4.32. The van der Waals surface area contributed by atoms with Gasteiger partial charge in [0.15, 0.2) is 0 Å². The number of amides is 2. The lowest BCUT2D eigenvalue weighted by molar-refractivity contribution is 0.0632. The minimum atomic E-state index is -0.129. The number of nitrogens with one attached hydrogen (secondary N) is 1. The van der Waals surface area contributed by atoms with E-state index in [1.807, 2.05) is 38.7 Å². The number of halogens is 1. The maximum atomic E-state index is 13.1. The van der Waals surface area contributed by atoms with Crippen LogP contribution in [-0.2, 0) is 0 Å². The summed E-state index contributed by atoms with van der Waals surface area (Å²) in [4.78, 5) is 36.3. The molecule has 32 heavy (non-hydrogen) atoms. The number of likely N-dealkylation sites (tertiary alicyclic amines) is 1. The summed E-state index contributed by atoms with van der Waals surface area (Å²) in [5.41, 5.74) is 3.05. The van der Waals surface area contributed by atoms with E-state index in [1.54, 1.807) is 29.2 Å². The van der Waals surface area contributed by atoms with Crippen LogP contribution in [0.1, 0.15) is 59.8 Å². The van der Waals surface area contributed by atoms with E-state index < -0.39 is 0 Å². The lowest BCUT2D eigenvalue weighted by Gasteiger charge is -2.37. The van der Waals surface area contributed by atoms with E-state index in [9.17, 15) is 9.59 Å². The first-order valence-electron chi connectivity index (χ1n) is 10.8. The van der Waals surface area contributed by atoms with Crippen LogP contribution in [0, 0.1) is 12.8 Å². The van der Waals surface area contributed by atoms with Gasteiger partial charge in [0, 0.05) is 43.1 Å². The first kappa shape index (κ1) is 22.2. The first-order valence-corrected chi connectivity index (χ1v) is 11.2. The predicted octanol–water partition coefficient (Wildman–Crippen LogP) is 3.65. The second-order valence-electron chi connectivity index (χ2n) is 8.69. The zero-order chi connectivity index (χ0) is 23.0. The Kier molecular flexibility index (Phi) is 6.15. The van der Waals surface area contributed by atoms with Crippen molar-refractivity contribution in [3.63, 3.8) is 0 Å². The molecule has 2 amide bonds. The van der Waals surface area contributed by atoms with Gasteiger partial charge in [0.1, 0.15) is 11.2 Å². The number of fused-ring (bicyclic) bond motifs is 1. The first-order chi connectivity index (χ1) is 15.2. The molecule has 0 saturated carbocycles. The number of rotatable bonds is 4. The molecule has 8 nitrogen and oxygen atoms in total. The molecule has 1 aromatic carbocycles. The van der Waals surface area contributed by atoms with Crippen molar-refractivity contribution in [3.8, 4) is 0 Å². The molecule has 9 heteroatoms.